The molecule has 0 aromatic carbocycles. The maximum absolute atomic E-state index is 12.7. The Balaban J connectivity index is 2.20. The van der Waals surface area contributed by atoms with E-state index in [-0.39, 0.29) is 5.91 Å². The number of aromatic amines is 1. The molecule has 0 spiro atoms. The predicted octanol–water partition coefficient (Wildman–Crippen LogP) is 1.98. The van der Waals surface area contributed by atoms with Crippen molar-refractivity contribution in [1.82, 2.24) is 15.1 Å². The van der Waals surface area contributed by atoms with Crippen LogP contribution in [0.4, 0.5) is 0 Å². The fourth-order valence-corrected chi connectivity index (χ4v) is 3.09. The first-order valence-electron chi connectivity index (χ1n) is 7.24. The quantitative estimate of drug-likeness (QED) is 0.807. The van der Waals surface area contributed by atoms with Crippen LogP contribution in [0.2, 0.25) is 0 Å². The van der Waals surface area contributed by atoms with Gasteiger partial charge in [-0.15, -0.1) is 6.58 Å². The second-order valence-corrected chi connectivity index (χ2v) is 5.54. The second-order valence-electron chi connectivity index (χ2n) is 5.54. The zero-order valence-electron chi connectivity index (χ0n) is 12.4. The zero-order valence-corrected chi connectivity index (χ0v) is 12.4. The van der Waals surface area contributed by atoms with Crippen molar-refractivity contribution in [1.29, 1.82) is 0 Å². The maximum Gasteiger partial charge on any atom is 0.244 e. The van der Waals surface area contributed by atoms with Crippen LogP contribution >= 0.6 is 0 Å². The molecular weight excluding hydrogens is 252 g/mol. The van der Waals surface area contributed by atoms with Gasteiger partial charge >= 0.3 is 0 Å². The van der Waals surface area contributed by atoms with Crippen molar-refractivity contribution in [3.8, 4) is 0 Å². The topological polar surface area (TPSA) is 75.0 Å². The monoisotopic (exact) mass is 276 g/mol. The highest BCUT2D eigenvalue weighted by Crippen LogP contribution is 2.27. The van der Waals surface area contributed by atoms with Crippen LogP contribution in [0.15, 0.2) is 12.7 Å². The van der Waals surface area contributed by atoms with Gasteiger partial charge in [-0.05, 0) is 26.7 Å². The minimum atomic E-state index is -0.644. The van der Waals surface area contributed by atoms with Gasteiger partial charge in [0.25, 0.3) is 0 Å². The number of aryl methyl sites for hydroxylation is 2. The molecule has 0 bridgehead atoms. The van der Waals surface area contributed by atoms with E-state index in [1.807, 2.05) is 18.7 Å². The van der Waals surface area contributed by atoms with Crippen LogP contribution in [0.1, 0.15) is 48.7 Å². The van der Waals surface area contributed by atoms with Gasteiger partial charge in [-0.2, -0.15) is 5.10 Å². The molecular formula is C15H24N4O. The van der Waals surface area contributed by atoms with Crippen LogP contribution < -0.4 is 5.73 Å². The van der Waals surface area contributed by atoms with E-state index >= 15 is 0 Å². The Hall–Kier alpha value is -1.62. The van der Waals surface area contributed by atoms with Crippen molar-refractivity contribution in [2.24, 2.45) is 5.73 Å². The number of rotatable bonds is 5. The average Bonchev–Trinajstić information content (AvgIpc) is 3.05. The molecule has 3 N–H and O–H groups in total. The van der Waals surface area contributed by atoms with Crippen molar-refractivity contribution in [2.75, 3.05) is 6.54 Å². The SMILES string of the molecule is C=CCN(C(=O)C(N)c1c(C)n[nH]c1C)C1CCCC1. The van der Waals surface area contributed by atoms with Gasteiger partial charge < -0.3 is 10.6 Å². The first-order chi connectivity index (χ1) is 9.56. The van der Waals surface area contributed by atoms with Crippen LogP contribution in [-0.4, -0.2) is 33.6 Å². The van der Waals surface area contributed by atoms with Crippen LogP contribution in [-0.2, 0) is 4.79 Å². The molecule has 1 fully saturated rings. The molecule has 1 aliphatic rings. The summed E-state index contributed by atoms with van der Waals surface area (Å²) >= 11 is 0. The number of carbonyl (C=O) groups is 1. The molecule has 1 aliphatic carbocycles. The van der Waals surface area contributed by atoms with E-state index in [1.54, 1.807) is 6.08 Å². The number of nitrogens with two attached hydrogens (primary N) is 1. The zero-order chi connectivity index (χ0) is 14.7. The van der Waals surface area contributed by atoms with E-state index in [2.05, 4.69) is 16.8 Å². The van der Waals surface area contributed by atoms with Gasteiger partial charge in [-0.25, -0.2) is 0 Å². The molecule has 0 aliphatic heterocycles. The molecule has 20 heavy (non-hydrogen) atoms. The standard InChI is InChI=1S/C15H24N4O/c1-4-9-19(12-7-5-6-8-12)15(20)14(16)13-10(2)17-18-11(13)3/h4,12,14H,1,5-9,16H2,2-3H3,(H,17,18). The van der Waals surface area contributed by atoms with Crippen molar-refractivity contribution in [3.05, 3.63) is 29.6 Å². The number of hydrogen-bond acceptors (Lipinski definition) is 3. The van der Waals surface area contributed by atoms with Crippen LogP contribution in [0.5, 0.6) is 0 Å². The Bertz CT molecular complexity index is 469. The molecule has 5 heteroatoms. The fourth-order valence-electron chi connectivity index (χ4n) is 3.09. The number of aromatic nitrogens is 2. The Kier molecular flexibility index (Phi) is 4.60. The first-order valence-corrected chi connectivity index (χ1v) is 7.24. The minimum Gasteiger partial charge on any atom is -0.334 e. The van der Waals surface area contributed by atoms with Gasteiger partial charge in [0.2, 0.25) is 5.91 Å². The van der Waals surface area contributed by atoms with Gasteiger partial charge in [0, 0.05) is 23.8 Å². The first kappa shape index (κ1) is 14.8. The lowest BCUT2D eigenvalue weighted by molar-refractivity contribution is -0.134. The predicted molar refractivity (Wildman–Crippen MR) is 79.2 cm³/mol. The summed E-state index contributed by atoms with van der Waals surface area (Å²) in [5.41, 5.74) is 8.69. The average molecular weight is 276 g/mol. The summed E-state index contributed by atoms with van der Waals surface area (Å²) in [5.74, 6) is -0.0237. The summed E-state index contributed by atoms with van der Waals surface area (Å²) in [6.45, 7) is 8.09. The minimum absolute atomic E-state index is 0.0237. The highest BCUT2D eigenvalue weighted by Gasteiger charge is 2.31. The molecule has 1 atom stereocenters. The molecule has 1 aromatic rings. The molecule has 1 saturated carbocycles. The van der Waals surface area contributed by atoms with Gasteiger partial charge in [0.05, 0.1) is 5.69 Å². The number of nitrogens with one attached hydrogen (secondary N) is 1. The number of H-pyrrole nitrogens is 1. The van der Waals surface area contributed by atoms with Gasteiger partial charge in [-0.3, -0.25) is 9.89 Å². The number of amides is 1. The molecule has 110 valence electrons. The molecule has 0 radical (unpaired) electrons. The van der Waals surface area contributed by atoms with E-state index in [9.17, 15) is 4.79 Å². The summed E-state index contributed by atoms with van der Waals surface area (Å²) in [6.07, 6.45) is 6.28. The summed E-state index contributed by atoms with van der Waals surface area (Å²) < 4.78 is 0. The van der Waals surface area contributed by atoms with Gasteiger partial charge in [0.1, 0.15) is 6.04 Å². The molecule has 5 nitrogen and oxygen atoms in total. The third-order valence-corrected chi connectivity index (χ3v) is 4.14. The third-order valence-electron chi connectivity index (χ3n) is 4.14. The fraction of sp³-hybridized carbons (Fsp3) is 0.600. The second kappa shape index (κ2) is 6.22. The van der Waals surface area contributed by atoms with Crippen LogP contribution in [0.3, 0.4) is 0 Å². The highest BCUT2D eigenvalue weighted by molar-refractivity contribution is 5.84. The highest BCUT2D eigenvalue weighted by atomic mass is 16.2. The summed E-state index contributed by atoms with van der Waals surface area (Å²) in [4.78, 5) is 14.6. The van der Waals surface area contributed by atoms with Gasteiger partial charge in [0.15, 0.2) is 0 Å². The normalized spacial score (nSPS) is 17.1. The van der Waals surface area contributed by atoms with Crippen molar-refractivity contribution in [3.63, 3.8) is 0 Å². The molecule has 0 saturated heterocycles. The number of nitrogens with zero attached hydrogens (tertiary/aromatic N) is 2. The Morgan fingerprint density at radius 1 is 1.55 bits per heavy atom. The molecule has 2 rings (SSSR count). The largest absolute Gasteiger partial charge is 0.334 e. The van der Waals surface area contributed by atoms with E-state index in [0.717, 1.165) is 29.8 Å². The molecule has 1 unspecified atom stereocenters. The van der Waals surface area contributed by atoms with Crippen molar-refractivity contribution < 1.29 is 4.79 Å². The van der Waals surface area contributed by atoms with E-state index < -0.39 is 6.04 Å². The van der Waals surface area contributed by atoms with E-state index in [1.165, 1.54) is 12.8 Å². The Labute approximate surface area is 120 Å². The molecule has 1 amide bonds. The number of hydrogen-bond donors (Lipinski definition) is 2. The van der Waals surface area contributed by atoms with Gasteiger partial charge in [-0.1, -0.05) is 18.9 Å². The van der Waals surface area contributed by atoms with Crippen molar-refractivity contribution >= 4 is 5.91 Å². The lowest BCUT2D eigenvalue weighted by Crippen LogP contribution is -2.44. The van der Waals surface area contributed by atoms with E-state index in [4.69, 9.17) is 5.73 Å². The van der Waals surface area contributed by atoms with Crippen LogP contribution in [0, 0.1) is 13.8 Å². The Morgan fingerprint density at radius 3 is 2.70 bits per heavy atom. The van der Waals surface area contributed by atoms with E-state index in [0.29, 0.717) is 12.6 Å². The summed E-state index contributed by atoms with van der Waals surface area (Å²) in [7, 11) is 0. The summed E-state index contributed by atoms with van der Waals surface area (Å²) in [6, 6.07) is -0.339. The summed E-state index contributed by atoms with van der Waals surface area (Å²) in [5, 5.41) is 7.02. The smallest absolute Gasteiger partial charge is 0.244 e. The Morgan fingerprint density at radius 2 is 2.20 bits per heavy atom. The maximum atomic E-state index is 12.7. The molecule has 1 aromatic heterocycles. The lowest BCUT2D eigenvalue weighted by Gasteiger charge is -2.30. The molecule has 1 heterocycles. The lowest BCUT2D eigenvalue weighted by atomic mass is 10.0. The van der Waals surface area contributed by atoms with Crippen molar-refractivity contribution in [2.45, 2.75) is 51.6 Å². The van der Waals surface area contributed by atoms with Crippen LogP contribution in [0.25, 0.3) is 0 Å². The number of carbonyl (C=O) groups excluding carboxylic acids is 1. The third kappa shape index (κ3) is 2.77.